The van der Waals surface area contributed by atoms with E-state index in [2.05, 4.69) is 43.5 Å². The van der Waals surface area contributed by atoms with Crippen LogP contribution in [0.25, 0.3) is 0 Å². The monoisotopic (exact) mass is 909 g/mol. The van der Waals surface area contributed by atoms with Gasteiger partial charge in [0.05, 0.1) is 39.9 Å². The van der Waals surface area contributed by atoms with Gasteiger partial charge in [-0.05, 0) is 38.5 Å². The van der Waals surface area contributed by atoms with Crippen molar-refractivity contribution in [2.75, 3.05) is 40.9 Å². The average Bonchev–Trinajstić information content (AvgIpc) is 3.24. The third-order valence-electron chi connectivity index (χ3n) is 12.1. The molecule has 0 bridgehead atoms. The molecule has 0 saturated carbocycles. The van der Waals surface area contributed by atoms with Crippen LogP contribution in [-0.2, 0) is 18.4 Å². The second-order valence-corrected chi connectivity index (χ2v) is 21.0. The van der Waals surface area contributed by atoms with Crippen molar-refractivity contribution in [3.05, 3.63) is 36.5 Å². The Bertz CT molecular complexity index is 1120. The van der Waals surface area contributed by atoms with E-state index in [9.17, 15) is 19.4 Å². The number of unbranched alkanes of at least 4 members (excludes halogenated alkanes) is 32. The molecular weight excluding hydrogens is 804 g/mol. The van der Waals surface area contributed by atoms with Crippen molar-refractivity contribution in [2.24, 2.45) is 0 Å². The molecule has 0 spiro atoms. The van der Waals surface area contributed by atoms with Gasteiger partial charge in [0.15, 0.2) is 0 Å². The quantitative estimate of drug-likeness (QED) is 0.0272. The largest absolute Gasteiger partial charge is 0.756 e. The van der Waals surface area contributed by atoms with Crippen molar-refractivity contribution >= 4 is 13.7 Å². The zero-order valence-electron chi connectivity index (χ0n) is 42.3. The summed E-state index contributed by atoms with van der Waals surface area (Å²) in [4.78, 5) is 25.3. The molecule has 0 aliphatic heterocycles. The Labute approximate surface area is 391 Å². The van der Waals surface area contributed by atoms with Crippen LogP contribution >= 0.6 is 7.82 Å². The van der Waals surface area contributed by atoms with Crippen molar-refractivity contribution in [3.8, 4) is 0 Å². The molecule has 0 rings (SSSR count). The predicted octanol–water partition coefficient (Wildman–Crippen LogP) is 15.2. The Balaban J connectivity index is 3.96. The maximum Gasteiger partial charge on any atom is 0.268 e. The fourth-order valence-electron chi connectivity index (χ4n) is 7.90. The summed E-state index contributed by atoms with van der Waals surface area (Å²) < 4.78 is 23.2. The zero-order valence-corrected chi connectivity index (χ0v) is 43.2. The molecule has 0 saturated heterocycles. The second-order valence-electron chi connectivity index (χ2n) is 19.5. The molecule has 63 heavy (non-hydrogen) atoms. The van der Waals surface area contributed by atoms with Crippen LogP contribution in [0.5, 0.6) is 0 Å². The molecule has 372 valence electrons. The number of hydrogen-bond acceptors (Lipinski definition) is 6. The summed E-state index contributed by atoms with van der Waals surface area (Å²) in [5, 5.41) is 13.7. The molecule has 0 aromatic carbocycles. The number of allylic oxidation sites excluding steroid dienone is 5. The highest BCUT2D eigenvalue weighted by Crippen LogP contribution is 2.38. The lowest BCUT2D eigenvalue weighted by molar-refractivity contribution is -0.870. The molecule has 3 unspecified atom stereocenters. The van der Waals surface area contributed by atoms with Crippen LogP contribution in [0.4, 0.5) is 0 Å². The third-order valence-corrected chi connectivity index (χ3v) is 13.1. The zero-order chi connectivity index (χ0) is 46.4. The number of nitrogens with one attached hydrogen (secondary N) is 1. The number of carbonyl (C=O) groups is 1. The van der Waals surface area contributed by atoms with E-state index in [1.54, 1.807) is 6.08 Å². The molecule has 2 N–H and O–H groups in total. The molecule has 0 aliphatic rings. The van der Waals surface area contributed by atoms with E-state index in [0.717, 1.165) is 51.4 Å². The number of hydrogen-bond donors (Lipinski definition) is 2. The van der Waals surface area contributed by atoms with Crippen LogP contribution in [0.1, 0.15) is 251 Å². The minimum absolute atomic E-state index is 0.00807. The van der Waals surface area contributed by atoms with Crippen LogP contribution in [0, 0.1) is 0 Å². The number of nitrogens with zero attached hydrogens (tertiary/aromatic N) is 1. The van der Waals surface area contributed by atoms with Gasteiger partial charge in [-0.2, -0.15) is 0 Å². The van der Waals surface area contributed by atoms with Crippen molar-refractivity contribution in [2.45, 2.75) is 264 Å². The summed E-state index contributed by atoms with van der Waals surface area (Å²) >= 11 is 0. The Morgan fingerprint density at radius 3 is 1.27 bits per heavy atom. The molecule has 0 aliphatic carbocycles. The average molecular weight is 909 g/mol. The summed E-state index contributed by atoms with van der Waals surface area (Å²) in [5.41, 5.74) is 0. The lowest BCUT2D eigenvalue weighted by atomic mass is 10.0. The molecule has 0 heterocycles. The van der Waals surface area contributed by atoms with Crippen molar-refractivity contribution in [1.29, 1.82) is 0 Å². The van der Waals surface area contributed by atoms with Gasteiger partial charge in [-0.25, -0.2) is 0 Å². The molecule has 9 heteroatoms. The van der Waals surface area contributed by atoms with Crippen LogP contribution in [0.3, 0.4) is 0 Å². The molecule has 0 radical (unpaired) electrons. The maximum atomic E-state index is 12.9. The first-order valence-electron chi connectivity index (χ1n) is 26.9. The second kappa shape index (κ2) is 45.9. The number of amides is 1. The number of aliphatic hydroxyl groups is 1. The number of aliphatic hydroxyl groups excluding tert-OH is 1. The van der Waals surface area contributed by atoms with Gasteiger partial charge in [-0.3, -0.25) is 9.36 Å². The Hall–Kier alpha value is -1.28. The Kier molecular flexibility index (Phi) is 44.9. The fourth-order valence-corrected chi connectivity index (χ4v) is 8.62. The molecular formula is C54H105N2O6P. The molecule has 0 aromatic heterocycles. The first-order valence-corrected chi connectivity index (χ1v) is 28.3. The van der Waals surface area contributed by atoms with Gasteiger partial charge < -0.3 is 28.8 Å². The summed E-state index contributed by atoms with van der Waals surface area (Å²) in [6, 6.07) is -0.905. The number of likely N-dealkylation sites (N-methyl/N-ethyl adjacent to an activating group) is 1. The molecule has 3 atom stereocenters. The van der Waals surface area contributed by atoms with Crippen LogP contribution in [-0.4, -0.2) is 68.5 Å². The van der Waals surface area contributed by atoms with E-state index in [1.807, 2.05) is 27.2 Å². The van der Waals surface area contributed by atoms with E-state index in [-0.39, 0.29) is 12.5 Å². The van der Waals surface area contributed by atoms with Gasteiger partial charge in [0.2, 0.25) is 5.91 Å². The predicted molar refractivity (Wildman–Crippen MR) is 270 cm³/mol. The fraction of sp³-hybridized carbons (Fsp3) is 0.870. The van der Waals surface area contributed by atoms with Gasteiger partial charge in [0.25, 0.3) is 7.82 Å². The summed E-state index contributed by atoms with van der Waals surface area (Å²) in [6.45, 7) is 4.51. The first-order chi connectivity index (χ1) is 30.5. The number of quaternary nitrogens is 1. The topological polar surface area (TPSA) is 108 Å². The Morgan fingerprint density at radius 2 is 0.905 bits per heavy atom. The minimum atomic E-state index is -4.60. The highest BCUT2D eigenvalue weighted by Gasteiger charge is 2.23. The highest BCUT2D eigenvalue weighted by molar-refractivity contribution is 7.45. The first kappa shape index (κ1) is 61.7. The summed E-state index contributed by atoms with van der Waals surface area (Å²) in [5.74, 6) is -0.210. The van der Waals surface area contributed by atoms with Gasteiger partial charge in [0, 0.05) is 6.42 Å². The van der Waals surface area contributed by atoms with Gasteiger partial charge >= 0.3 is 0 Å². The SMILES string of the molecule is CC/C=C/CC/C=C/CC/C=C/C(O)C(COP(=O)([O-])OCC[N+](C)(C)C)NC(=O)CCCCCCCCCCCCCCCCCCCCCCCCCCCCCCCCC. The molecule has 0 aromatic rings. The molecule has 8 nitrogen and oxygen atoms in total. The lowest BCUT2D eigenvalue weighted by Gasteiger charge is -2.29. The van der Waals surface area contributed by atoms with Gasteiger partial charge in [-0.1, -0.05) is 243 Å². The lowest BCUT2D eigenvalue weighted by Crippen LogP contribution is -2.45. The normalized spacial score (nSPS) is 14.3. The third kappa shape index (κ3) is 48.5. The van der Waals surface area contributed by atoms with Gasteiger partial charge in [-0.15, -0.1) is 0 Å². The van der Waals surface area contributed by atoms with Crippen molar-refractivity contribution < 1.29 is 32.9 Å². The van der Waals surface area contributed by atoms with E-state index in [1.165, 1.54) is 180 Å². The number of rotatable bonds is 49. The number of phosphoric acid groups is 1. The van der Waals surface area contributed by atoms with E-state index < -0.39 is 26.6 Å². The van der Waals surface area contributed by atoms with Crippen LogP contribution in [0.15, 0.2) is 36.5 Å². The van der Waals surface area contributed by atoms with E-state index in [0.29, 0.717) is 17.4 Å². The molecule has 0 fully saturated rings. The highest BCUT2D eigenvalue weighted by atomic mass is 31.2. The van der Waals surface area contributed by atoms with Crippen molar-refractivity contribution in [3.63, 3.8) is 0 Å². The number of phosphoric ester groups is 1. The van der Waals surface area contributed by atoms with E-state index in [4.69, 9.17) is 9.05 Å². The number of carbonyl (C=O) groups excluding carboxylic acids is 1. The van der Waals surface area contributed by atoms with Gasteiger partial charge in [0.1, 0.15) is 13.2 Å². The van der Waals surface area contributed by atoms with Crippen LogP contribution in [0.2, 0.25) is 0 Å². The summed E-state index contributed by atoms with van der Waals surface area (Å²) in [7, 11) is 1.24. The standard InChI is InChI=1S/C54H105N2O6P/c1-6-8-10-12-14-16-18-19-20-21-22-23-24-25-26-27-28-29-30-31-32-33-34-35-36-37-38-40-42-44-46-48-54(58)55-52(51-62-63(59,60)61-50-49-56(3,4)5)53(57)47-45-43-41-39-17-15-13-11-9-7-2/h9,11,17,39,45,47,52-53,57H,6-8,10,12-16,18-38,40-44,46,48-51H2,1-5H3,(H-,55,58,59,60)/b11-9+,39-17+,47-45+. The van der Waals surface area contributed by atoms with Crippen molar-refractivity contribution in [1.82, 2.24) is 5.32 Å². The Morgan fingerprint density at radius 1 is 0.556 bits per heavy atom. The smallest absolute Gasteiger partial charge is 0.268 e. The molecule has 1 amide bonds. The maximum absolute atomic E-state index is 12.9. The minimum Gasteiger partial charge on any atom is -0.756 e. The summed E-state index contributed by atoms with van der Waals surface area (Å²) in [6.07, 6.45) is 58.3. The van der Waals surface area contributed by atoms with E-state index >= 15 is 0 Å². The van der Waals surface area contributed by atoms with Crippen LogP contribution < -0.4 is 10.2 Å².